The maximum absolute atomic E-state index is 13.7. The van der Waals surface area contributed by atoms with E-state index in [1.807, 2.05) is 6.92 Å². The fraction of sp³-hybridized carbons (Fsp3) is 0.250. The summed E-state index contributed by atoms with van der Waals surface area (Å²) in [4.78, 5) is 0. The Kier molecular flexibility index (Phi) is 4.35. The van der Waals surface area contributed by atoms with Crippen molar-refractivity contribution in [3.05, 3.63) is 65.7 Å². The molecule has 4 heteroatoms. The monoisotopic (exact) mass is 276 g/mol. The fourth-order valence-corrected chi connectivity index (χ4v) is 2.11. The Balaban J connectivity index is 2.17. The van der Waals surface area contributed by atoms with Crippen molar-refractivity contribution in [3.8, 4) is 0 Å². The summed E-state index contributed by atoms with van der Waals surface area (Å²) in [5.41, 5.74) is 6.69. The Morgan fingerprint density at radius 2 is 1.70 bits per heavy atom. The topological polar surface area (TPSA) is 38.0 Å². The Labute approximate surface area is 117 Å². The molecule has 2 aromatic rings. The summed E-state index contributed by atoms with van der Waals surface area (Å²) < 4.78 is 26.6. The zero-order chi connectivity index (χ0) is 14.6. The van der Waals surface area contributed by atoms with Crippen LogP contribution in [0.1, 0.15) is 12.5 Å². The van der Waals surface area contributed by atoms with E-state index in [4.69, 9.17) is 5.73 Å². The molecule has 106 valence electrons. The van der Waals surface area contributed by atoms with Crippen molar-refractivity contribution in [2.75, 3.05) is 11.9 Å². The Hall–Kier alpha value is -1.94. The Morgan fingerprint density at radius 1 is 1.05 bits per heavy atom. The third-order valence-electron chi connectivity index (χ3n) is 3.28. The van der Waals surface area contributed by atoms with Gasteiger partial charge in [-0.3, -0.25) is 0 Å². The smallest absolute Gasteiger partial charge is 0.126 e. The first-order chi connectivity index (χ1) is 9.52. The third kappa shape index (κ3) is 3.54. The third-order valence-corrected chi connectivity index (χ3v) is 3.28. The SMILES string of the molecule is CC(CN)(Cc1ccccc1F)Nc1ccc(F)cc1. The molecule has 0 fully saturated rings. The molecule has 0 saturated heterocycles. The second kappa shape index (κ2) is 6.01. The Bertz CT molecular complexity index is 569. The van der Waals surface area contributed by atoms with Crippen molar-refractivity contribution < 1.29 is 8.78 Å². The number of anilines is 1. The minimum absolute atomic E-state index is 0.243. The van der Waals surface area contributed by atoms with Crippen LogP contribution in [-0.4, -0.2) is 12.1 Å². The second-order valence-corrected chi connectivity index (χ2v) is 5.16. The van der Waals surface area contributed by atoms with E-state index in [1.54, 1.807) is 30.3 Å². The number of hydrogen-bond acceptors (Lipinski definition) is 2. The molecule has 1 atom stereocenters. The maximum Gasteiger partial charge on any atom is 0.126 e. The molecular formula is C16H18F2N2. The number of rotatable bonds is 5. The largest absolute Gasteiger partial charge is 0.378 e. The van der Waals surface area contributed by atoms with Crippen molar-refractivity contribution in [1.82, 2.24) is 0 Å². The van der Waals surface area contributed by atoms with Gasteiger partial charge in [0.15, 0.2) is 0 Å². The van der Waals surface area contributed by atoms with Gasteiger partial charge in [0, 0.05) is 12.2 Å². The van der Waals surface area contributed by atoms with Crippen LogP contribution in [0.5, 0.6) is 0 Å². The van der Waals surface area contributed by atoms with Crippen molar-refractivity contribution in [3.63, 3.8) is 0 Å². The summed E-state index contributed by atoms with van der Waals surface area (Å²) in [6.45, 7) is 2.25. The lowest BCUT2D eigenvalue weighted by Crippen LogP contribution is -2.44. The van der Waals surface area contributed by atoms with E-state index in [2.05, 4.69) is 5.32 Å². The lowest BCUT2D eigenvalue weighted by Gasteiger charge is -2.31. The van der Waals surface area contributed by atoms with Gasteiger partial charge < -0.3 is 11.1 Å². The highest BCUT2D eigenvalue weighted by molar-refractivity contribution is 5.46. The predicted octanol–water partition coefficient (Wildman–Crippen LogP) is 3.34. The fourth-order valence-electron chi connectivity index (χ4n) is 2.11. The minimum Gasteiger partial charge on any atom is -0.378 e. The molecule has 0 saturated carbocycles. The summed E-state index contributed by atoms with van der Waals surface area (Å²) in [6, 6.07) is 12.7. The normalized spacial score (nSPS) is 13.8. The van der Waals surface area contributed by atoms with Gasteiger partial charge in [-0.15, -0.1) is 0 Å². The van der Waals surface area contributed by atoms with Crippen molar-refractivity contribution in [2.24, 2.45) is 5.73 Å². The van der Waals surface area contributed by atoms with Gasteiger partial charge in [0.25, 0.3) is 0 Å². The molecule has 0 radical (unpaired) electrons. The van der Waals surface area contributed by atoms with Gasteiger partial charge in [-0.1, -0.05) is 18.2 Å². The molecule has 0 heterocycles. The molecule has 0 amide bonds. The molecule has 0 aromatic heterocycles. The first kappa shape index (κ1) is 14.5. The lowest BCUT2D eigenvalue weighted by atomic mass is 9.92. The van der Waals surface area contributed by atoms with Gasteiger partial charge in [0.1, 0.15) is 11.6 Å². The van der Waals surface area contributed by atoms with Crippen LogP contribution in [-0.2, 0) is 6.42 Å². The van der Waals surface area contributed by atoms with E-state index in [1.165, 1.54) is 18.2 Å². The highest BCUT2D eigenvalue weighted by Gasteiger charge is 2.24. The summed E-state index contributed by atoms with van der Waals surface area (Å²) in [7, 11) is 0. The lowest BCUT2D eigenvalue weighted by molar-refractivity contribution is 0.501. The molecule has 2 aromatic carbocycles. The van der Waals surface area contributed by atoms with Crippen LogP contribution in [0.2, 0.25) is 0 Å². The average molecular weight is 276 g/mol. The highest BCUT2D eigenvalue weighted by Crippen LogP contribution is 2.21. The van der Waals surface area contributed by atoms with Gasteiger partial charge in [0.2, 0.25) is 0 Å². The van der Waals surface area contributed by atoms with E-state index in [0.717, 1.165) is 5.69 Å². The van der Waals surface area contributed by atoms with E-state index in [9.17, 15) is 8.78 Å². The van der Waals surface area contributed by atoms with Crippen LogP contribution < -0.4 is 11.1 Å². The summed E-state index contributed by atoms with van der Waals surface area (Å²) >= 11 is 0. The highest BCUT2D eigenvalue weighted by atomic mass is 19.1. The van der Waals surface area contributed by atoms with Gasteiger partial charge in [-0.25, -0.2) is 8.78 Å². The summed E-state index contributed by atoms with van der Waals surface area (Å²) in [5.74, 6) is -0.535. The van der Waals surface area contributed by atoms with Crippen molar-refractivity contribution in [1.29, 1.82) is 0 Å². The predicted molar refractivity (Wildman–Crippen MR) is 77.6 cm³/mol. The summed E-state index contributed by atoms with van der Waals surface area (Å²) in [5, 5.41) is 3.25. The number of benzene rings is 2. The number of nitrogens with one attached hydrogen (secondary N) is 1. The van der Waals surface area contributed by atoms with Crippen LogP contribution in [0.3, 0.4) is 0 Å². The second-order valence-electron chi connectivity index (χ2n) is 5.16. The molecule has 1 unspecified atom stereocenters. The van der Waals surface area contributed by atoms with Gasteiger partial charge >= 0.3 is 0 Å². The quantitative estimate of drug-likeness (QED) is 0.879. The molecule has 0 spiro atoms. The van der Waals surface area contributed by atoms with Gasteiger partial charge in [0.05, 0.1) is 5.54 Å². The maximum atomic E-state index is 13.7. The number of halogens is 2. The van der Waals surface area contributed by atoms with Crippen LogP contribution >= 0.6 is 0 Å². The van der Waals surface area contributed by atoms with E-state index < -0.39 is 5.54 Å². The molecule has 20 heavy (non-hydrogen) atoms. The van der Waals surface area contributed by atoms with Crippen LogP contribution in [0.4, 0.5) is 14.5 Å². The van der Waals surface area contributed by atoms with Crippen LogP contribution in [0, 0.1) is 11.6 Å². The summed E-state index contributed by atoms with van der Waals surface area (Å²) in [6.07, 6.45) is 0.452. The number of hydrogen-bond donors (Lipinski definition) is 2. The molecule has 0 aliphatic carbocycles. The first-order valence-electron chi connectivity index (χ1n) is 6.50. The molecular weight excluding hydrogens is 258 g/mol. The van der Waals surface area contributed by atoms with Crippen LogP contribution in [0.25, 0.3) is 0 Å². The average Bonchev–Trinajstić information content (AvgIpc) is 2.44. The van der Waals surface area contributed by atoms with Crippen molar-refractivity contribution in [2.45, 2.75) is 18.9 Å². The minimum atomic E-state index is -0.500. The van der Waals surface area contributed by atoms with Crippen LogP contribution in [0.15, 0.2) is 48.5 Å². The molecule has 0 aliphatic rings. The van der Waals surface area contributed by atoms with Gasteiger partial charge in [-0.2, -0.15) is 0 Å². The van der Waals surface area contributed by atoms with Gasteiger partial charge in [-0.05, 0) is 49.2 Å². The van der Waals surface area contributed by atoms with E-state index in [0.29, 0.717) is 18.5 Å². The van der Waals surface area contributed by atoms with Crippen molar-refractivity contribution >= 4 is 5.69 Å². The number of nitrogens with two attached hydrogens (primary N) is 1. The standard InChI is InChI=1S/C16H18F2N2/c1-16(11-19,10-12-4-2-3-5-15(12)18)20-14-8-6-13(17)7-9-14/h2-9,20H,10-11,19H2,1H3. The zero-order valence-corrected chi connectivity index (χ0v) is 11.4. The molecule has 3 N–H and O–H groups in total. The Morgan fingerprint density at radius 3 is 2.30 bits per heavy atom. The molecule has 2 nitrogen and oxygen atoms in total. The van der Waals surface area contributed by atoms with E-state index in [-0.39, 0.29) is 11.6 Å². The zero-order valence-electron chi connectivity index (χ0n) is 11.4. The molecule has 0 bridgehead atoms. The molecule has 0 aliphatic heterocycles. The molecule has 2 rings (SSSR count). The first-order valence-corrected chi connectivity index (χ1v) is 6.50. The van der Waals surface area contributed by atoms with E-state index >= 15 is 0 Å².